The van der Waals surface area contributed by atoms with E-state index in [0.717, 1.165) is 29.0 Å². The number of carbonyl (C=O) groups is 1. The molecule has 0 saturated carbocycles. The quantitative estimate of drug-likeness (QED) is 0.695. The Bertz CT molecular complexity index is 836. The summed E-state index contributed by atoms with van der Waals surface area (Å²) in [6.45, 7) is 5.90. The number of hydrogen-bond acceptors (Lipinski definition) is 4. The van der Waals surface area contributed by atoms with Crippen LogP contribution in [0.3, 0.4) is 0 Å². The molecule has 3 aromatic rings. The summed E-state index contributed by atoms with van der Waals surface area (Å²) in [7, 11) is 1.80. The number of fused-ring (bicyclic) bond motifs is 1. The molecule has 1 amide bonds. The minimum Gasteiger partial charge on any atom is -0.340 e. The fourth-order valence-corrected chi connectivity index (χ4v) is 2.84. The Labute approximate surface area is 140 Å². The van der Waals surface area contributed by atoms with Crippen molar-refractivity contribution >= 4 is 16.9 Å². The Balaban J connectivity index is 1.65. The lowest BCUT2D eigenvalue weighted by atomic mass is 10.3. The summed E-state index contributed by atoms with van der Waals surface area (Å²) in [6, 6.07) is 5.71. The van der Waals surface area contributed by atoms with Gasteiger partial charge in [0.25, 0.3) is 0 Å². The second-order valence-electron chi connectivity index (χ2n) is 5.82. The van der Waals surface area contributed by atoms with Gasteiger partial charge in [0.05, 0.1) is 30.7 Å². The molecule has 0 unspecified atom stereocenters. The molecule has 0 aliphatic carbocycles. The SMILES string of the molecule is CCn1nc(C)c2c1cnn2CCC(=O)N(C)Cc1ccccn1. The third kappa shape index (κ3) is 3.15. The van der Waals surface area contributed by atoms with Gasteiger partial charge in [-0.2, -0.15) is 10.2 Å². The van der Waals surface area contributed by atoms with Crippen LogP contribution in [0.5, 0.6) is 0 Å². The lowest BCUT2D eigenvalue weighted by molar-refractivity contribution is -0.130. The molecule has 0 saturated heterocycles. The van der Waals surface area contributed by atoms with E-state index in [0.29, 0.717) is 19.5 Å². The van der Waals surface area contributed by atoms with Gasteiger partial charge in [-0.25, -0.2) is 0 Å². The summed E-state index contributed by atoms with van der Waals surface area (Å²) in [4.78, 5) is 18.3. The normalized spacial score (nSPS) is 11.1. The van der Waals surface area contributed by atoms with Crippen LogP contribution in [0, 0.1) is 6.92 Å². The molecule has 0 fully saturated rings. The molecule has 0 spiro atoms. The van der Waals surface area contributed by atoms with Gasteiger partial charge in [0.15, 0.2) is 0 Å². The van der Waals surface area contributed by atoms with Gasteiger partial charge >= 0.3 is 0 Å². The van der Waals surface area contributed by atoms with E-state index in [1.165, 1.54) is 0 Å². The molecular formula is C17H22N6O. The largest absolute Gasteiger partial charge is 0.340 e. The molecular weight excluding hydrogens is 304 g/mol. The highest BCUT2D eigenvalue weighted by atomic mass is 16.2. The molecule has 126 valence electrons. The first-order valence-corrected chi connectivity index (χ1v) is 8.13. The maximum atomic E-state index is 12.4. The number of rotatable bonds is 6. The van der Waals surface area contributed by atoms with Gasteiger partial charge in [0, 0.05) is 26.2 Å². The van der Waals surface area contributed by atoms with Crippen molar-refractivity contribution in [2.24, 2.45) is 0 Å². The fourth-order valence-electron chi connectivity index (χ4n) is 2.84. The molecule has 3 heterocycles. The highest BCUT2D eigenvalue weighted by Crippen LogP contribution is 2.18. The van der Waals surface area contributed by atoms with Gasteiger partial charge in [0.2, 0.25) is 5.91 Å². The van der Waals surface area contributed by atoms with Crippen LogP contribution in [0.2, 0.25) is 0 Å². The first kappa shape index (κ1) is 16.2. The Kier molecular flexibility index (Phi) is 4.59. The summed E-state index contributed by atoms with van der Waals surface area (Å²) < 4.78 is 3.81. The summed E-state index contributed by atoms with van der Waals surface area (Å²) in [5.41, 5.74) is 3.86. The first-order valence-electron chi connectivity index (χ1n) is 8.13. The number of aryl methyl sites for hydroxylation is 3. The van der Waals surface area contributed by atoms with Crippen molar-refractivity contribution < 1.29 is 4.79 Å². The molecule has 0 aliphatic rings. The van der Waals surface area contributed by atoms with Crippen molar-refractivity contribution in [2.75, 3.05) is 7.05 Å². The summed E-state index contributed by atoms with van der Waals surface area (Å²) in [5.74, 6) is 0.0739. The van der Waals surface area contributed by atoms with Crippen LogP contribution in [0.4, 0.5) is 0 Å². The van der Waals surface area contributed by atoms with E-state index in [-0.39, 0.29) is 5.91 Å². The van der Waals surface area contributed by atoms with Crippen molar-refractivity contribution in [2.45, 2.75) is 39.9 Å². The van der Waals surface area contributed by atoms with Crippen LogP contribution in [0.25, 0.3) is 11.0 Å². The van der Waals surface area contributed by atoms with Crippen LogP contribution in [0.15, 0.2) is 30.6 Å². The van der Waals surface area contributed by atoms with Crippen LogP contribution in [-0.4, -0.2) is 42.4 Å². The smallest absolute Gasteiger partial charge is 0.224 e. The molecule has 0 aliphatic heterocycles. The van der Waals surface area contributed by atoms with Gasteiger partial charge in [-0.05, 0) is 26.0 Å². The van der Waals surface area contributed by atoms with Gasteiger partial charge in [-0.1, -0.05) is 6.07 Å². The van der Waals surface area contributed by atoms with Crippen molar-refractivity contribution in [1.29, 1.82) is 0 Å². The van der Waals surface area contributed by atoms with Crippen LogP contribution in [0.1, 0.15) is 24.7 Å². The highest BCUT2D eigenvalue weighted by molar-refractivity contribution is 5.78. The number of hydrogen-bond donors (Lipinski definition) is 0. The van der Waals surface area contributed by atoms with Crippen molar-refractivity contribution in [3.05, 3.63) is 42.0 Å². The lowest BCUT2D eigenvalue weighted by Crippen LogP contribution is -2.27. The minimum atomic E-state index is 0.0739. The van der Waals surface area contributed by atoms with E-state index >= 15 is 0 Å². The van der Waals surface area contributed by atoms with E-state index in [4.69, 9.17) is 0 Å². The van der Waals surface area contributed by atoms with Crippen LogP contribution >= 0.6 is 0 Å². The second-order valence-corrected chi connectivity index (χ2v) is 5.82. The summed E-state index contributed by atoms with van der Waals surface area (Å²) >= 11 is 0. The predicted molar refractivity (Wildman–Crippen MR) is 91.3 cm³/mol. The van der Waals surface area contributed by atoms with E-state index in [2.05, 4.69) is 22.1 Å². The minimum absolute atomic E-state index is 0.0739. The van der Waals surface area contributed by atoms with Gasteiger partial charge in [0.1, 0.15) is 11.0 Å². The molecule has 0 bridgehead atoms. The average Bonchev–Trinajstić information content (AvgIpc) is 3.15. The topological polar surface area (TPSA) is 68.8 Å². The van der Waals surface area contributed by atoms with E-state index in [1.54, 1.807) is 18.1 Å². The number of amides is 1. The van der Waals surface area contributed by atoms with Crippen molar-refractivity contribution in [1.82, 2.24) is 29.4 Å². The Morgan fingerprint density at radius 1 is 1.29 bits per heavy atom. The highest BCUT2D eigenvalue weighted by Gasteiger charge is 2.15. The molecule has 3 rings (SSSR count). The molecule has 7 nitrogen and oxygen atoms in total. The zero-order valence-electron chi connectivity index (χ0n) is 14.3. The number of carbonyl (C=O) groups excluding carboxylic acids is 1. The Hall–Kier alpha value is -2.70. The monoisotopic (exact) mass is 326 g/mol. The number of nitrogens with zero attached hydrogens (tertiary/aromatic N) is 6. The Morgan fingerprint density at radius 2 is 2.12 bits per heavy atom. The van der Waals surface area contributed by atoms with Crippen LogP contribution < -0.4 is 0 Å². The van der Waals surface area contributed by atoms with Gasteiger partial charge in [-0.15, -0.1) is 0 Å². The zero-order valence-corrected chi connectivity index (χ0v) is 14.3. The van der Waals surface area contributed by atoms with Crippen molar-refractivity contribution in [3.8, 4) is 0 Å². The fraction of sp³-hybridized carbons (Fsp3) is 0.412. The Morgan fingerprint density at radius 3 is 2.83 bits per heavy atom. The van der Waals surface area contributed by atoms with E-state index in [1.807, 2.05) is 40.7 Å². The second kappa shape index (κ2) is 6.82. The maximum Gasteiger partial charge on any atom is 0.224 e. The number of aromatic nitrogens is 5. The number of pyridine rings is 1. The van der Waals surface area contributed by atoms with Crippen LogP contribution in [-0.2, 0) is 24.4 Å². The van der Waals surface area contributed by atoms with E-state index < -0.39 is 0 Å². The average molecular weight is 326 g/mol. The third-order valence-corrected chi connectivity index (χ3v) is 4.10. The van der Waals surface area contributed by atoms with Gasteiger partial charge in [-0.3, -0.25) is 19.1 Å². The molecule has 0 N–H and O–H groups in total. The van der Waals surface area contributed by atoms with Gasteiger partial charge < -0.3 is 4.90 Å². The lowest BCUT2D eigenvalue weighted by Gasteiger charge is -2.16. The zero-order chi connectivity index (χ0) is 17.1. The third-order valence-electron chi connectivity index (χ3n) is 4.10. The molecule has 0 radical (unpaired) electrons. The molecule has 7 heteroatoms. The van der Waals surface area contributed by atoms with Crippen molar-refractivity contribution in [3.63, 3.8) is 0 Å². The molecule has 24 heavy (non-hydrogen) atoms. The molecule has 0 atom stereocenters. The maximum absolute atomic E-state index is 12.4. The summed E-state index contributed by atoms with van der Waals surface area (Å²) in [6.07, 6.45) is 3.96. The van der Waals surface area contributed by atoms with E-state index in [9.17, 15) is 4.79 Å². The summed E-state index contributed by atoms with van der Waals surface area (Å²) in [5, 5.41) is 8.91. The molecule has 0 aromatic carbocycles. The molecule has 3 aromatic heterocycles. The standard InChI is InChI=1S/C17H22N6O/c1-4-22-15-11-19-23(17(15)13(2)20-22)10-8-16(24)21(3)12-14-7-5-6-9-18-14/h5-7,9,11H,4,8,10,12H2,1-3H3. The predicted octanol–water partition coefficient (Wildman–Crippen LogP) is 2.00. The first-order chi connectivity index (χ1) is 11.6.